The standard InChI is InChI=1S/C18H20N8/c1-18(2,19)6-8-21-17-13-5-7-20-10-14(13)12-4-3-11(9-15(12)22-17)16-23-25-26-24-16/h3-5,7,9-10H,6,8,19H2,1-2H3,(H,21,22)(H,23,24,25,26). The van der Waals surface area contributed by atoms with Crippen LogP contribution in [0.4, 0.5) is 5.82 Å². The van der Waals surface area contributed by atoms with Crippen LogP contribution < -0.4 is 11.1 Å². The Morgan fingerprint density at radius 2 is 2.04 bits per heavy atom. The number of nitrogens with zero attached hydrogens (tertiary/aromatic N) is 5. The highest BCUT2D eigenvalue weighted by Crippen LogP contribution is 2.30. The zero-order valence-corrected chi connectivity index (χ0v) is 14.7. The lowest BCUT2D eigenvalue weighted by molar-refractivity contribution is 0.490. The van der Waals surface area contributed by atoms with Crippen LogP contribution in [0.25, 0.3) is 33.1 Å². The fraction of sp³-hybridized carbons (Fsp3) is 0.278. The van der Waals surface area contributed by atoms with E-state index in [0.29, 0.717) is 5.82 Å². The molecule has 4 rings (SSSR count). The molecule has 0 saturated heterocycles. The lowest BCUT2D eigenvalue weighted by atomic mass is 10.0. The number of hydrogen-bond acceptors (Lipinski definition) is 7. The molecule has 4 N–H and O–H groups in total. The van der Waals surface area contributed by atoms with Gasteiger partial charge in [0.25, 0.3) is 0 Å². The molecule has 132 valence electrons. The molecule has 1 aromatic carbocycles. The van der Waals surface area contributed by atoms with E-state index < -0.39 is 0 Å². The van der Waals surface area contributed by atoms with Crippen LogP contribution in [0.1, 0.15) is 20.3 Å². The fourth-order valence-electron chi connectivity index (χ4n) is 2.91. The summed E-state index contributed by atoms with van der Waals surface area (Å²) in [4.78, 5) is 9.11. The van der Waals surface area contributed by atoms with Gasteiger partial charge in [-0.2, -0.15) is 5.21 Å². The Bertz CT molecular complexity index is 1050. The third-order valence-corrected chi connectivity index (χ3v) is 4.26. The highest BCUT2D eigenvalue weighted by atomic mass is 15.5. The summed E-state index contributed by atoms with van der Waals surface area (Å²) in [5.74, 6) is 1.36. The van der Waals surface area contributed by atoms with Crippen LogP contribution in [0.3, 0.4) is 0 Å². The maximum atomic E-state index is 6.08. The van der Waals surface area contributed by atoms with Gasteiger partial charge in [0.15, 0.2) is 0 Å². The molecule has 0 atom stereocenters. The van der Waals surface area contributed by atoms with Gasteiger partial charge in [-0.25, -0.2) is 4.98 Å². The second kappa shape index (κ2) is 6.30. The van der Waals surface area contributed by atoms with E-state index in [9.17, 15) is 0 Å². The Kier molecular flexibility index (Phi) is 3.96. The normalized spacial score (nSPS) is 12.0. The zero-order valence-electron chi connectivity index (χ0n) is 14.7. The first-order valence-electron chi connectivity index (χ1n) is 8.45. The Hall–Kier alpha value is -3.13. The summed E-state index contributed by atoms with van der Waals surface area (Å²) in [6.07, 6.45) is 4.48. The summed E-state index contributed by atoms with van der Waals surface area (Å²) in [5, 5.41) is 20.7. The number of benzene rings is 1. The second-order valence-electron chi connectivity index (χ2n) is 7.01. The highest BCUT2D eigenvalue weighted by Gasteiger charge is 2.13. The summed E-state index contributed by atoms with van der Waals surface area (Å²) in [5.41, 5.74) is 7.56. The molecule has 0 amide bonds. The quantitative estimate of drug-likeness (QED) is 0.474. The van der Waals surface area contributed by atoms with Gasteiger partial charge in [0.1, 0.15) is 5.82 Å². The van der Waals surface area contributed by atoms with Crippen LogP contribution in [0, 0.1) is 0 Å². The summed E-state index contributed by atoms with van der Waals surface area (Å²) >= 11 is 0. The van der Waals surface area contributed by atoms with E-state index in [2.05, 4.69) is 30.9 Å². The first kappa shape index (κ1) is 16.3. The highest BCUT2D eigenvalue weighted by molar-refractivity contribution is 6.10. The van der Waals surface area contributed by atoms with Gasteiger partial charge < -0.3 is 11.1 Å². The number of pyridine rings is 2. The van der Waals surface area contributed by atoms with Crippen LogP contribution in [0.2, 0.25) is 0 Å². The lowest BCUT2D eigenvalue weighted by Gasteiger charge is -2.19. The predicted molar refractivity (Wildman–Crippen MR) is 102 cm³/mol. The predicted octanol–water partition coefficient (Wildman–Crippen LogP) is 2.50. The number of hydrogen-bond donors (Lipinski definition) is 3. The van der Waals surface area contributed by atoms with E-state index in [-0.39, 0.29) is 5.54 Å². The Morgan fingerprint density at radius 1 is 1.15 bits per heavy atom. The van der Waals surface area contributed by atoms with Crippen molar-refractivity contribution in [1.29, 1.82) is 0 Å². The second-order valence-corrected chi connectivity index (χ2v) is 7.01. The molecule has 0 aliphatic rings. The molecular weight excluding hydrogens is 328 g/mol. The number of aromatic amines is 1. The number of H-pyrrole nitrogens is 1. The third kappa shape index (κ3) is 3.18. The number of fused-ring (bicyclic) bond motifs is 3. The zero-order chi connectivity index (χ0) is 18.1. The van der Waals surface area contributed by atoms with Gasteiger partial charge in [0.2, 0.25) is 5.82 Å². The number of aromatic nitrogens is 6. The van der Waals surface area contributed by atoms with Crippen molar-refractivity contribution in [2.75, 3.05) is 11.9 Å². The fourth-order valence-corrected chi connectivity index (χ4v) is 2.91. The van der Waals surface area contributed by atoms with Gasteiger partial charge in [-0.1, -0.05) is 12.1 Å². The Morgan fingerprint density at radius 3 is 2.81 bits per heavy atom. The lowest BCUT2D eigenvalue weighted by Crippen LogP contribution is -2.34. The topological polar surface area (TPSA) is 118 Å². The molecule has 26 heavy (non-hydrogen) atoms. The summed E-state index contributed by atoms with van der Waals surface area (Å²) in [6.45, 7) is 4.77. The molecule has 8 heteroatoms. The van der Waals surface area contributed by atoms with Gasteiger partial charge in [-0.15, -0.1) is 10.2 Å². The van der Waals surface area contributed by atoms with Crippen molar-refractivity contribution in [3.05, 3.63) is 36.7 Å². The first-order valence-corrected chi connectivity index (χ1v) is 8.45. The van der Waals surface area contributed by atoms with E-state index in [1.165, 1.54) is 0 Å². The molecule has 0 unspecified atom stereocenters. The molecule has 0 fully saturated rings. The monoisotopic (exact) mass is 348 g/mol. The van der Waals surface area contributed by atoms with Gasteiger partial charge in [0.05, 0.1) is 5.52 Å². The van der Waals surface area contributed by atoms with E-state index in [1.54, 1.807) is 6.20 Å². The van der Waals surface area contributed by atoms with Crippen molar-refractivity contribution in [3.63, 3.8) is 0 Å². The Labute approximate surface area is 150 Å². The molecule has 4 aromatic rings. The first-order chi connectivity index (χ1) is 12.5. The molecule has 0 aliphatic carbocycles. The van der Waals surface area contributed by atoms with E-state index >= 15 is 0 Å². The Balaban J connectivity index is 1.81. The van der Waals surface area contributed by atoms with Gasteiger partial charge in [-0.05, 0) is 37.6 Å². The van der Waals surface area contributed by atoms with Crippen LogP contribution in [0.5, 0.6) is 0 Å². The van der Waals surface area contributed by atoms with E-state index in [1.807, 2.05) is 44.3 Å². The van der Waals surface area contributed by atoms with Gasteiger partial charge in [0, 0.05) is 46.2 Å². The number of nitrogens with two attached hydrogens (primary N) is 1. The van der Waals surface area contributed by atoms with Crippen LogP contribution in [-0.4, -0.2) is 42.7 Å². The van der Waals surface area contributed by atoms with Crippen molar-refractivity contribution >= 4 is 27.5 Å². The number of nitrogens with one attached hydrogen (secondary N) is 2. The maximum absolute atomic E-state index is 6.08. The maximum Gasteiger partial charge on any atom is 0.204 e. The molecule has 3 heterocycles. The molecule has 0 saturated carbocycles. The van der Waals surface area contributed by atoms with Gasteiger partial charge in [-0.3, -0.25) is 4.98 Å². The summed E-state index contributed by atoms with van der Waals surface area (Å²) in [6, 6.07) is 7.92. The van der Waals surface area contributed by atoms with Gasteiger partial charge >= 0.3 is 0 Å². The number of tetrazole rings is 1. The molecule has 0 radical (unpaired) electrons. The van der Waals surface area contributed by atoms with Crippen LogP contribution in [0.15, 0.2) is 36.7 Å². The van der Waals surface area contributed by atoms with Crippen molar-refractivity contribution in [1.82, 2.24) is 30.6 Å². The largest absolute Gasteiger partial charge is 0.369 e. The molecule has 0 aliphatic heterocycles. The average Bonchev–Trinajstić information content (AvgIpc) is 3.15. The van der Waals surface area contributed by atoms with E-state index in [4.69, 9.17) is 10.7 Å². The smallest absolute Gasteiger partial charge is 0.204 e. The number of anilines is 1. The van der Waals surface area contributed by atoms with Crippen molar-refractivity contribution in [2.24, 2.45) is 5.73 Å². The molecule has 0 spiro atoms. The minimum absolute atomic E-state index is 0.229. The minimum Gasteiger partial charge on any atom is -0.369 e. The van der Waals surface area contributed by atoms with Crippen molar-refractivity contribution in [3.8, 4) is 11.4 Å². The SMILES string of the molecule is CC(C)(N)CCNc1nc2cc(-c3nn[nH]n3)ccc2c2cnccc12. The van der Waals surface area contributed by atoms with E-state index in [0.717, 1.165) is 46.0 Å². The molecule has 0 bridgehead atoms. The third-order valence-electron chi connectivity index (χ3n) is 4.26. The van der Waals surface area contributed by atoms with Crippen molar-refractivity contribution < 1.29 is 0 Å². The average molecular weight is 348 g/mol. The molecule has 3 aromatic heterocycles. The molecule has 8 nitrogen and oxygen atoms in total. The van der Waals surface area contributed by atoms with Crippen molar-refractivity contribution in [2.45, 2.75) is 25.8 Å². The molecular formula is C18H20N8. The van der Waals surface area contributed by atoms with Crippen LogP contribution >= 0.6 is 0 Å². The summed E-state index contributed by atoms with van der Waals surface area (Å²) in [7, 11) is 0. The number of rotatable bonds is 5. The van der Waals surface area contributed by atoms with Crippen LogP contribution in [-0.2, 0) is 0 Å². The summed E-state index contributed by atoms with van der Waals surface area (Å²) < 4.78 is 0. The minimum atomic E-state index is -0.229.